The van der Waals surface area contributed by atoms with Crippen molar-refractivity contribution in [2.24, 2.45) is 17.8 Å². The van der Waals surface area contributed by atoms with Gasteiger partial charge in [0.15, 0.2) is 0 Å². The summed E-state index contributed by atoms with van der Waals surface area (Å²) in [7, 11) is 1.52. The number of likely N-dealkylation sites (tertiary alicyclic amines) is 1. The van der Waals surface area contributed by atoms with E-state index in [2.05, 4.69) is 11.8 Å². The first-order chi connectivity index (χ1) is 7.76. The molecule has 1 aliphatic heterocycles. The fourth-order valence-corrected chi connectivity index (χ4v) is 3.51. The Morgan fingerprint density at radius 3 is 2.88 bits per heavy atom. The molecule has 0 aromatic carbocycles. The Morgan fingerprint density at radius 1 is 1.38 bits per heavy atom. The molecule has 0 spiro atoms. The van der Waals surface area contributed by atoms with Crippen molar-refractivity contribution < 1.29 is 9.53 Å². The summed E-state index contributed by atoms with van der Waals surface area (Å²) in [5, 5.41) is 0. The molecule has 0 N–H and O–H groups in total. The molecule has 92 valence electrons. The van der Waals surface area contributed by atoms with E-state index in [0.717, 1.165) is 25.4 Å². The number of hydrogen-bond acceptors (Lipinski definition) is 3. The third-order valence-electron chi connectivity index (χ3n) is 4.43. The summed E-state index contributed by atoms with van der Waals surface area (Å²) in [5.74, 6) is 1.53. The molecule has 1 heterocycles. The molecule has 16 heavy (non-hydrogen) atoms. The smallest absolute Gasteiger partial charge is 0.308 e. The van der Waals surface area contributed by atoms with Gasteiger partial charge in [-0.1, -0.05) is 13.3 Å². The van der Waals surface area contributed by atoms with Crippen LogP contribution in [0.4, 0.5) is 0 Å². The van der Waals surface area contributed by atoms with E-state index in [4.69, 9.17) is 4.74 Å². The molecule has 0 aromatic heterocycles. The molecule has 2 aliphatic rings. The highest BCUT2D eigenvalue weighted by atomic mass is 16.5. The zero-order valence-corrected chi connectivity index (χ0v) is 10.4. The summed E-state index contributed by atoms with van der Waals surface area (Å²) >= 11 is 0. The SMILES string of the molecule is CCN1CC[C@@H]2[C@H](CCC[C@H]2C(=O)OC)C1. The van der Waals surface area contributed by atoms with Gasteiger partial charge in [-0.15, -0.1) is 0 Å². The Balaban J connectivity index is 2.01. The lowest BCUT2D eigenvalue weighted by atomic mass is 9.68. The minimum absolute atomic E-state index is 0.0275. The first kappa shape index (κ1) is 11.9. The number of nitrogens with zero attached hydrogens (tertiary/aromatic N) is 1. The average molecular weight is 225 g/mol. The van der Waals surface area contributed by atoms with Crippen LogP contribution in [-0.2, 0) is 9.53 Å². The summed E-state index contributed by atoms with van der Waals surface area (Å²) < 4.78 is 4.94. The molecule has 3 nitrogen and oxygen atoms in total. The standard InChI is InChI=1S/C13H23NO2/c1-3-14-8-7-11-10(9-14)5-4-6-12(11)13(15)16-2/h10-12H,3-9H2,1-2H3/t10-,11-,12-/m1/s1. The number of methoxy groups -OCH3 is 1. The number of hydrogen-bond donors (Lipinski definition) is 0. The van der Waals surface area contributed by atoms with Crippen LogP contribution in [0.3, 0.4) is 0 Å². The van der Waals surface area contributed by atoms with Crippen molar-refractivity contribution in [1.82, 2.24) is 4.90 Å². The second-order valence-corrected chi connectivity index (χ2v) is 5.17. The number of carbonyl (C=O) groups excluding carboxylic acids is 1. The van der Waals surface area contributed by atoms with Gasteiger partial charge in [-0.2, -0.15) is 0 Å². The molecule has 0 amide bonds. The van der Waals surface area contributed by atoms with Crippen LogP contribution in [0.15, 0.2) is 0 Å². The summed E-state index contributed by atoms with van der Waals surface area (Å²) in [6.07, 6.45) is 4.71. The number of rotatable bonds is 2. The minimum atomic E-state index is 0.0275. The molecule has 1 saturated carbocycles. The van der Waals surface area contributed by atoms with Gasteiger partial charge in [0.2, 0.25) is 0 Å². The van der Waals surface area contributed by atoms with Crippen LogP contribution in [0.25, 0.3) is 0 Å². The van der Waals surface area contributed by atoms with E-state index in [0.29, 0.717) is 5.92 Å². The second kappa shape index (κ2) is 5.17. The van der Waals surface area contributed by atoms with E-state index in [-0.39, 0.29) is 11.9 Å². The van der Waals surface area contributed by atoms with E-state index in [1.54, 1.807) is 0 Å². The zero-order chi connectivity index (χ0) is 11.5. The Kier molecular flexibility index (Phi) is 3.85. The molecular weight excluding hydrogens is 202 g/mol. The third-order valence-corrected chi connectivity index (χ3v) is 4.43. The highest BCUT2D eigenvalue weighted by Crippen LogP contribution is 2.40. The van der Waals surface area contributed by atoms with Crippen LogP contribution < -0.4 is 0 Å². The molecular formula is C13H23NO2. The zero-order valence-electron chi connectivity index (χ0n) is 10.4. The van der Waals surface area contributed by atoms with Crippen molar-refractivity contribution in [2.45, 2.75) is 32.6 Å². The molecule has 0 aromatic rings. The van der Waals surface area contributed by atoms with Crippen molar-refractivity contribution in [3.05, 3.63) is 0 Å². The van der Waals surface area contributed by atoms with Crippen LogP contribution in [0.5, 0.6) is 0 Å². The second-order valence-electron chi connectivity index (χ2n) is 5.17. The summed E-state index contributed by atoms with van der Waals surface area (Å²) in [5.41, 5.74) is 0. The number of carbonyl (C=O) groups is 1. The molecule has 1 aliphatic carbocycles. The highest BCUT2D eigenvalue weighted by molar-refractivity contribution is 5.72. The molecule has 3 heteroatoms. The number of fused-ring (bicyclic) bond motifs is 1. The lowest BCUT2D eigenvalue weighted by Crippen LogP contribution is -2.46. The van der Waals surface area contributed by atoms with Crippen LogP contribution in [0, 0.1) is 17.8 Å². The van der Waals surface area contributed by atoms with Crippen molar-refractivity contribution >= 4 is 5.97 Å². The van der Waals surface area contributed by atoms with Crippen molar-refractivity contribution in [2.75, 3.05) is 26.7 Å². The van der Waals surface area contributed by atoms with Gasteiger partial charge in [0.25, 0.3) is 0 Å². The molecule has 2 rings (SSSR count). The quantitative estimate of drug-likeness (QED) is 0.672. The van der Waals surface area contributed by atoms with Gasteiger partial charge >= 0.3 is 5.97 Å². The summed E-state index contributed by atoms with van der Waals surface area (Å²) in [6.45, 7) is 5.72. The Bertz CT molecular complexity index is 254. The Morgan fingerprint density at radius 2 is 2.19 bits per heavy atom. The first-order valence-electron chi connectivity index (χ1n) is 6.56. The lowest BCUT2D eigenvalue weighted by Gasteiger charge is -2.44. The van der Waals surface area contributed by atoms with Gasteiger partial charge in [-0.25, -0.2) is 0 Å². The van der Waals surface area contributed by atoms with Crippen LogP contribution in [0.2, 0.25) is 0 Å². The van der Waals surface area contributed by atoms with Gasteiger partial charge in [0.05, 0.1) is 13.0 Å². The predicted molar refractivity (Wildman–Crippen MR) is 63.1 cm³/mol. The molecule has 0 unspecified atom stereocenters. The van der Waals surface area contributed by atoms with E-state index in [9.17, 15) is 4.79 Å². The maximum absolute atomic E-state index is 11.7. The summed E-state index contributed by atoms with van der Waals surface area (Å²) in [4.78, 5) is 14.3. The van der Waals surface area contributed by atoms with Crippen LogP contribution in [0.1, 0.15) is 32.6 Å². The Labute approximate surface area is 98.1 Å². The molecule has 1 saturated heterocycles. The fourth-order valence-electron chi connectivity index (χ4n) is 3.51. The van der Waals surface area contributed by atoms with E-state index < -0.39 is 0 Å². The lowest BCUT2D eigenvalue weighted by molar-refractivity contribution is -0.151. The molecule has 0 radical (unpaired) electrons. The highest BCUT2D eigenvalue weighted by Gasteiger charge is 2.40. The van der Waals surface area contributed by atoms with Crippen molar-refractivity contribution in [1.29, 1.82) is 0 Å². The maximum Gasteiger partial charge on any atom is 0.308 e. The van der Waals surface area contributed by atoms with Gasteiger partial charge in [0.1, 0.15) is 0 Å². The van der Waals surface area contributed by atoms with Gasteiger partial charge in [0, 0.05) is 6.54 Å². The molecule has 0 bridgehead atoms. The number of piperidine rings is 1. The van der Waals surface area contributed by atoms with E-state index in [1.807, 2.05) is 0 Å². The maximum atomic E-state index is 11.7. The van der Waals surface area contributed by atoms with E-state index >= 15 is 0 Å². The van der Waals surface area contributed by atoms with Crippen LogP contribution >= 0.6 is 0 Å². The fraction of sp³-hybridized carbons (Fsp3) is 0.923. The third kappa shape index (κ3) is 2.24. The number of esters is 1. The summed E-state index contributed by atoms with van der Waals surface area (Å²) in [6, 6.07) is 0. The van der Waals surface area contributed by atoms with E-state index in [1.165, 1.54) is 32.9 Å². The average Bonchev–Trinajstić information content (AvgIpc) is 2.36. The van der Waals surface area contributed by atoms with Crippen LogP contribution in [-0.4, -0.2) is 37.6 Å². The van der Waals surface area contributed by atoms with Gasteiger partial charge in [-0.05, 0) is 44.2 Å². The van der Waals surface area contributed by atoms with Gasteiger partial charge in [-0.3, -0.25) is 4.79 Å². The molecule has 3 atom stereocenters. The molecule has 2 fully saturated rings. The Hall–Kier alpha value is -0.570. The van der Waals surface area contributed by atoms with Crippen molar-refractivity contribution in [3.8, 4) is 0 Å². The normalized spacial score (nSPS) is 35.5. The van der Waals surface area contributed by atoms with Gasteiger partial charge < -0.3 is 9.64 Å². The number of ether oxygens (including phenoxy) is 1. The first-order valence-corrected chi connectivity index (χ1v) is 6.56. The minimum Gasteiger partial charge on any atom is -0.469 e. The monoisotopic (exact) mass is 225 g/mol. The predicted octanol–water partition coefficient (Wildman–Crippen LogP) is 1.92. The topological polar surface area (TPSA) is 29.5 Å². The van der Waals surface area contributed by atoms with Crippen molar-refractivity contribution in [3.63, 3.8) is 0 Å². The largest absolute Gasteiger partial charge is 0.469 e.